The van der Waals surface area contributed by atoms with E-state index in [1.165, 1.54) is 23.0 Å². The average molecular weight is 435 g/mol. The number of rotatable bonds is 1. The maximum atomic E-state index is 5.69. The van der Waals surface area contributed by atoms with Crippen molar-refractivity contribution in [3.63, 3.8) is 0 Å². The highest BCUT2D eigenvalue weighted by Crippen LogP contribution is 2.61. The normalized spacial score (nSPS) is 18.9. The number of ether oxygens (including phenoxy) is 2. The maximum absolute atomic E-state index is 5.69. The maximum Gasteiger partial charge on any atom is 0.208 e. The summed E-state index contributed by atoms with van der Waals surface area (Å²) in [5, 5.41) is 2.85. The van der Waals surface area contributed by atoms with E-state index in [0.717, 1.165) is 20.8 Å². The van der Waals surface area contributed by atoms with Crippen LogP contribution < -0.4 is 0 Å². The molecule has 3 aromatic rings. The van der Waals surface area contributed by atoms with E-state index in [4.69, 9.17) is 14.5 Å². The molecule has 130 valence electrons. The predicted molar refractivity (Wildman–Crippen MR) is 112 cm³/mol. The van der Waals surface area contributed by atoms with Gasteiger partial charge in [-0.2, -0.15) is 0 Å². The number of nitrogens with zero attached hydrogens (tertiary/aromatic N) is 2. The van der Waals surface area contributed by atoms with Crippen LogP contribution in [0.2, 0.25) is 0 Å². The number of para-hydroxylation sites is 1. The topological polar surface area (TPSA) is 36.3 Å². The first kappa shape index (κ1) is 15.9. The molecule has 0 bridgehead atoms. The molecule has 3 aliphatic heterocycles. The molecule has 0 fully saturated rings. The van der Waals surface area contributed by atoms with Crippen LogP contribution in [0.4, 0.5) is 0 Å². The van der Waals surface area contributed by atoms with Crippen LogP contribution in [-0.2, 0) is 9.47 Å². The van der Waals surface area contributed by atoms with Crippen molar-refractivity contribution in [2.45, 2.75) is 9.79 Å². The summed E-state index contributed by atoms with van der Waals surface area (Å²) < 4.78 is 17.3. The van der Waals surface area contributed by atoms with Crippen LogP contribution in [0.25, 0.3) is 15.3 Å². The second kappa shape index (κ2) is 6.20. The van der Waals surface area contributed by atoms with Gasteiger partial charge in [0.2, 0.25) is 10.2 Å². The third-order valence-electron chi connectivity index (χ3n) is 3.92. The Labute approximate surface area is 170 Å². The standard InChI is InChI=1S/C17H10N2O2S5/c1-2-4-10-9(3-1)18-17(24-10)19-7-11-12(8-19)23-15(22-11)16-25-13-14(26-16)21-6-5-20-13/h1-4,7-8H,5-6H2. The monoisotopic (exact) mass is 434 g/mol. The van der Waals surface area contributed by atoms with Crippen molar-refractivity contribution in [2.24, 2.45) is 0 Å². The van der Waals surface area contributed by atoms with E-state index < -0.39 is 0 Å². The summed E-state index contributed by atoms with van der Waals surface area (Å²) >= 11 is 8.73. The molecule has 0 N–H and O–H groups in total. The van der Waals surface area contributed by atoms with E-state index in [1.54, 1.807) is 34.9 Å². The molecule has 0 atom stereocenters. The highest BCUT2D eigenvalue weighted by molar-refractivity contribution is 8.32. The Morgan fingerprint density at radius 1 is 0.846 bits per heavy atom. The molecule has 0 saturated carbocycles. The molecule has 9 heteroatoms. The van der Waals surface area contributed by atoms with Gasteiger partial charge in [-0.3, -0.25) is 4.57 Å². The minimum absolute atomic E-state index is 0.642. The Balaban J connectivity index is 1.28. The molecule has 0 spiro atoms. The first-order valence-corrected chi connectivity index (χ1v) is 12.0. The first-order chi connectivity index (χ1) is 12.8. The number of thioether (sulfide) groups is 4. The largest absolute Gasteiger partial charge is 0.480 e. The molecule has 2 aromatic heterocycles. The number of hydrogen-bond donors (Lipinski definition) is 0. The Bertz CT molecular complexity index is 1040. The quantitative estimate of drug-likeness (QED) is 0.460. The van der Waals surface area contributed by atoms with Crippen molar-refractivity contribution < 1.29 is 9.47 Å². The fourth-order valence-corrected chi connectivity index (χ4v) is 8.78. The van der Waals surface area contributed by atoms with Gasteiger partial charge in [-0.05, 0) is 35.7 Å². The Hall–Kier alpha value is -1.13. The molecule has 1 aromatic carbocycles. The molecule has 0 amide bonds. The summed E-state index contributed by atoms with van der Waals surface area (Å²) in [6.07, 6.45) is 4.37. The van der Waals surface area contributed by atoms with Crippen molar-refractivity contribution in [3.8, 4) is 5.13 Å². The molecule has 0 unspecified atom stereocenters. The van der Waals surface area contributed by atoms with E-state index in [-0.39, 0.29) is 0 Å². The highest BCUT2D eigenvalue weighted by atomic mass is 32.2. The Morgan fingerprint density at radius 3 is 2.19 bits per heavy atom. The van der Waals surface area contributed by atoms with Gasteiger partial charge in [-0.15, -0.1) is 0 Å². The van der Waals surface area contributed by atoms with Gasteiger partial charge in [-0.25, -0.2) is 4.98 Å². The summed E-state index contributed by atoms with van der Waals surface area (Å²) in [4.78, 5) is 7.31. The van der Waals surface area contributed by atoms with E-state index >= 15 is 0 Å². The molecular weight excluding hydrogens is 425 g/mol. The van der Waals surface area contributed by atoms with Crippen LogP contribution in [-0.4, -0.2) is 22.8 Å². The second-order valence-electron chi connectivity index (χ2n) is 5.61. The smallest absolute Gasteiger partial charge is 0.208 e. The third kappa shape index (κ3) is 2.60. The summed E-state index contributed by atoms with van der Waals surface area (Å²) in [5.74, 6) is 0. The van der Waals surface area contributed by atoms with Crippen molar-refractivity contribution in [2.75, 3.05) is 13.2 Å². The zero-order chi connectivity index (χ0) is 17.1. The van der Waals surface area contributed by atoms with Gasteiger partial charge in [-0.1, -0.05) is 47.0 Å². The average Bonchev–Trinajstić information content (AvgIpc) is 3.40. The fraction of sp³-hybridized carbons (Fsp3) is 0.118. The van der Waals surface area contributed by atoms with Crippen molar-refractivity contribution >= 4 is 68.6 Å². The number of fused-ring (bicyclic) bond motifs is 2. The van der Waals surface area contributed by atoms with Crippen molar-refractivity contribution in [1.82, 2.24) is 9.55 Å². The van der Waals surface area contributed by atoms with Crippen LogP contribution in [0, 0.1) is 0 Å². The van der Waals surface area contributed by atoms with Crippen LogP contribution in [0.5, 0.6) is 0 Å². The van der Waals surface area contributed by atoms with Gasteiger partial charge in [0.25, 0.3) is 0 Å². The molecular formula is C17H10N2O2S5. The summed E-state index contributed by atoms with van der Waals surface area (Å²) in [6.45, 7) is 1.28. The zero-order valence-corrected chi connectivity index (χ0v) is 17.2. The van der Waals surface area contributed by atoms with Crippen LogP contribution in [0.3, 0.4) is 0 Å². The van der Waals surface area contributed by atoms with Crippen LogP contribution in [0.1, 0.15) is 0 Å². The van der Waals surface area contributed by atoms with Gasteiger partial charge in [0.05, 0.1) is 18.7 Å². The number of hydrogen-bond acceptors (Lipinski definition) is 8. The molecule has 0 aliphatic carbocycles. The summed E-state index contributed by atoms with van der Waals surface area (Å²) in [7, 11) is 0. The molecule has 0 saturated heterocycles. The molecule has 3 aliphatic rings. The van der Waals surface area contributed by atoms with Gasteiger partial charge in [0, 0.05) is 22.2 Å². The minimum atomic E-state index is 0.642. The van der Waals surface area contributed by atoms with Crippen molar-refractivity contribution in [3.05, 3.63) is 55.3 Å². The lowest BCUT2D eigenvalue weighted by molar-refractivity contribution is 0.0949. The summed E-state index contributed by atoms with van der Waals surface area (Å²) in [5.41, 5.74) is 1.06. The molecule has 6 rings (SSSR count). The van der Waals surface area contributed by atoms with E-state index in [0.29, 0.717) is 13.2 Å². The van der Waals surface area contributed by atoms with E-state index in [9.17, 15) is 0 Å². The lowest BCUT2D eigenvalue weighted by Crippen LogP contribution is -2.08. The van der Waals surface area contributed by atoms with E-state index in [1.807, 2.05) is 29.6 Å². The van der Waals surface area contributed by atoms with Gasteiger partial charge < -0.3 is 9.47 Å². The second-order valence-corrected chi connectivity index (χ2v) is 11.2. The summed E-state index contributed by atoms with van der Waals surface area (Å²) in [6, 6.07) is 8.27. The Kier molecular flexibility index (Phi) is 3.79. The number of thiazole rings is 1. The van der Waals surface area contributed by atoms with E-state index in [2.05, 4.69) is 35.2 Å². The molecule has 26 heavy (non-hydrogen) atoms. The lowest BCUT2D eigenvalue weighted by atomic mass is 10.3. The zero-order valence-electron chi connectivity index (χ0n) is 13.1. The van der Waals surface area contributed by atoms with Crippen molar-refractivity contribution in [1.29, 1.82) is 0 Å². The molecule has 5 heterocycles. The predicted octanol–water partition coefficient (Wildman–Crippen LogP) is 6.06. The number of benzene rings is 1. The van der Waals surface area contributed by atoms with Gasteiger partial charge in [0.1, 0.15) is 13.2 Å². The van der Waals surface area contributed by atoms with Crippen LogP contribution >= 0.6 is 58.4 Å². The fourth-order valence-electron chi connectivity index (χ4n) is 2.76. The lowest BCUT2D eigenvalue weighted by Gasteiger charge is -2.13. The highest BCUT2D eigenvalue weighted by Gasteiger charge is 2.33. The van der Waals surface area contributed by atoms with Crippen LogP contribution in [0.15, 0.2) is 65.1 Å². The Morgan fingerprint density at radius 2 is 1.50 bits per heavy atom. The minimum Gasteiger partial charge on any atom is -0.480 e. The van der Waals surface area contributed by atoms with Gasteiger partial charge >= 0.3 is 0 Å². The SMILES string of the molecule is c1ccc2sc(-n3cc4c(c3)SC(=C3SC5=C(OCCO5)S3)S4)nc2c1. The third-order valence-corrected chi connectivity index (χ3v) is 10.4. The first-order valence-electron chi connectivity index (χ1n) is 7.87. The number of aromatic nitrogens is 2. The van der Waals surface area contributed by atoms with Gasteiger partial charge in [0.15, 0.2) is 5.13 Å². The molecule has 4 nitrogen and oxygen atoms in total. The molecule has 0 radical (unpaired) electrons.